The van der Waals surface area contributed by atoms with E-state index >= 15 is 0 Å². The zero-order valence-corrected chi connectivity index (χ0v) is 9.82. The molecule has 1 aromatic rings. The predicted octanol–water partition coefficient (Wildman–Crippen LogP) is 1.61. The summed E-state index contributed by atoms with van der Waals surface area (Å²) in [6, 6.07) is 0. The second-order valence-corrected chi connectivity index (χ2v) is 3.99. The van der Waals surface area contributed by atoms with Crippen molar-refractivity contribution in [1.29, 1.82) is 0 Å². The first-order valence-corrected chi connectivity index (χ1v) is 5.88. The van der Waals surface area contributed by atoms with Crippen LogP contribution >= 0.6 is 0 Å². The number of hydrogen-bond donors (Lipinski definition) is 1. The molecule has 0 aliphatic carbocycles. The molecule has 0 aromatic carbocycles. The maximum Gasteiger partial charge on any atom is 0.138 e. The Hall–Kier alpha value is -0.900. The smallest absolute Gasteiger partial charge is 0.138 e. The Kier molecular flexibility index (Phi) is 5.32. The lowest BCUT2D eigenvalue weighted by molar-refractivity contribution is 0.453. The molecule has 15 heavy (non-hydrogen) atoms. The van der Waals surface area contributed by atoms with E-state index in [-0.39, 0.29) is 0 Å². The Labute approximate surface area is 91.9 Å². The molecule has 0 bridgehead atoms. The van der Waals surface area contributed by atoms with E-state index in [1.165, 1.54) is 12.8 Å². The van der Waals surface area contributed by atoms with E-state index in [0.29, 0.717) is 5.92 Å². The van der Waals surface area contributed by atoms with Crippen LogP contribution in [-0.4, -0.2) is 21.3 Å². The zero-order valence-electron chi connectivity index (χ0n) is 9.82. The van der Waals surface area contributed by atoms with Gasteiger partial charge in [0, 0.05) is 13.0 Å². The van der Waals surface area contributed by atoms with E-state index in [9.17, 15) is 0 Å². The molecule has 2 N–H and O–H groups in total. The molecule has 86 valence electrons. The molecular weight excluding hydrogens is 188 g/mol. The number of aryl methyl sites for hydroxylation is 1. The molecule has 1 unspecified atom stereocenters. The van der Waals surface area contributed by atoms with E-state index in [4.69, 9.17) is 5.73 Å². The van der Waals surface area contributed by atoms with Crippen molar-refractivity contribution in [2.45, 2.75) is 46.1 Å². The van der Waals surface area contributed by atoms with Gasteiger partial charge in [0.15, 0.2) is 0 Å². The van der Waals surface area contributed by atoms with Gasteiger partial charge in [0.25, 0.3) is 0 Å². The number of nitrogens with zero attached hydrogens (tertiary/aromatic N) is 3. The summed E-state index contributed by atoms with van der Waals surface area (Å²) in [6.07, 6.45) is 6.06. The van der Waals surface area contributed by atoms with Gasteiger partial charge in [-0.2, -0.15) is 5.10 Å². The van der Waals surface area contributed by atoms with Crippen molar-refractivity contribution < 1.29 is 0 Å². The lowest BCUT2D eigenvalue weighted by atomic mass is 10.00. The van der Waals surface area contributed by atoms with Crippen LogP contribution in [0.4, 0.5) is 0 Å². The molecule has 1 heterocycles. The maximum absolute atomic E-state index is 5.74. The van der Waals surface area contributed by atoms with E-state index in [2.05, 4.69) is 23.9 Å². The minimum Gasteiger partial charge on any atom is -0.330 e. The number of rotatable bonds is 7. The summed E-state index contributed by atoms with van der Waals surface area (Å²) < 4.78 is 2.00. The molecule has 0 spiro atoms. The fraction of sp³-hybridized carbons (Fsp3) is 0.818. The second-order valence-electron chi connectivity index (χ2n) is 3.99. The summed E-state index contributed by atoms with van der Waals surface area (Å²) in [7, 11) is 0. The average Bonchev–Trinajstić information content (AvgIpc) is 2.66. The van der Waals surface area contributed by atoms with E-state index in [1.807, 2.05) is 4.68 Å². The van der Waals surface area contributed by atoms with Crippen molar-refractivity contribution in [3.8, 4) is 0 Å². The molecule has 0 saturated carbocycles. The van der Waals surface area contributed by atoms with Crippen molar-refractivity contribution in [2.24, 2.45) is 11.7 Å². The van der Waals surface area contributed by atoms with Crippen LogP contribution in [0.3, 0.4) is 0 Å². The molecule has 0 aliphatic rings. The highest BCUT2D eigenvalue weighted by Gasteiger charge is 2.11. The molecule has 0 fully saturated rings. The van der Waals surface area contributed by atoms with Crippen LogP contribution in [0.1, 0.15) is 38.9 Å². The molecule has 0 amide bonds. The van der Waals surface area contributed by atoms with Crippen LogP contribution in [0.25, 0.3) is 0 Å². The first kappa shape index (κ1) is 12.2. The van der Waals surface area contributed by atoms with Crippen molar-refractivity contribution in [3.63, 3.8) is 0 Å². The summed E-state index contributed by atoms with van der Waals surface area (Å²) in [4.78, 5) is 4.30. The van der Waals surface area contributed by atoms with Crippen LogP contribution in [0.2, 0.25) is 0 Å². The van der Waals surface area contributed by atoms with Crippen molar-refractivity contribution in [1.82, 2.24) is 14.8 Å². The lowest BCUT2D eigenvalue weighted by Crippen LogP contribution is -2.19. The SMILES string of the molecule is CCCC(CN)Cc1ncnn1CCC. The quantitative estimate of drug-likeness (QED) is 0.743. The standard InChI is InChI=1S/C11H22N4/c1-3-5-10(8-12)7-11-13-9-14-15(11)6-4-2/h9-10H,3-8,12H2,1-2H3. The number of aromatic nitrogens is 3. The fourth-order valence-corrected chi connectivity index (χ4v) is 1.81. The van der Waals surface area contributed by atoms with Gasteiger partial charge in [0.05, 0.1) is 0 Å². The van der Waals surface area contributed by atoms with Gasteiger partial charge in [0.2, 0.25) is 0 Å². The van der Waals surface area contributed by atoms with Gasteiger partial charge in [-0.25, -0.2) is 4.98 Å². The molecule has 0 saturated heterocycles. The predicted molar refractivity (Wildman–Crippen MR) is 61.5 cm³/mol. The Balaban J connectivity index is 2.57. The van der Waals surface area contributed by atoms with Gasteiger partial charge in [-0.1, -0.05) is 20.3 Å². The van der Waals surface area contributed by atoms with E-state index in [0.717, 1.165) is 31.8 Å². The summed E-state index contributed by atoms with van der Waals surface area (Å²) in [5.41, 5.74) is 5.74. The summed E-state index contributed by atoms with van der Waals surface area (Å²) in [6.45, 7) is 6.04. The molecular formula is C11H22N4. The first-order valence-electron chi connectivity index (χ1n) is 5.88. The third-order valence-electron chi connectivity index (χ3n) is 2.63. The minimum absolute atomic E-state index is 0.551. The maximum atomic E-state index is 5.74. The summed E-state index contributed by atoms with van der Waals surface area (Å²) in [5.74, 6) is 1.63. The van der Waals surface area contributed by atoms with Crippen LogP contribution in [0.15, 0.2) is 6.33 Å². The molecule has 0 radical (unpaired) electrons. The van der Waals surface area contributed by atoms with Crippen LogP contribution < -0.4 is 5.73 Å². The van der Waals surface area contributed by atoms with Crippen LogP contribution in [0.5, 0.6) is 0 Å². The Morgan fingerprint density at radius 3 is 2.80 bits per heavy atom. The van der Waals surface area contributed by atoms with Gasteiger partial charge in [-0.3, -0.25) is 4.68 Å². The Morgan fingerprint density at radius 2 is 2.20 bits per heavy atom. The molecule has 0 aliphatic heterocycles. The molecule has 1 aromatic heterocycles. The van der Waals surface area contributed by atoms with Crippen molar-refractivity contribution >= 4 is 0 Å². The normalized spacial score (nSPS) is 13.0. The van der Waals surface area contributed by atoms with Gasteiger partial charge >= 0.3 is 0 Å². The van der Waals surface area contributed by atoms with Crippen molar-refractivity contribution in [2.75, 3.05) is 6.54 Å². The minimum atomic E-state index is 0.551. The highest BCUT2D eigenvalue weighted by molar-refractivity contribution is 4.87. The Bertz CT molecular complexity index is 269. The zero-order chi connectivity index (χ0) is 11.1. The highest BCUT2D eigenvalue weighted by Crippen LogP contribution is 2.11. The third-order valence-corrected chi connectivity index (χ3v) is 2.63. The van der Waals surface area contributed by atoms with Crippen molar-refractivity contribution in [3.05, 3.63) is 12.2 Å². The lowest BCUT2D eigenvalue weighted by Gasteiger charge is -2.13. The highest BCUT2D eigenvalue weighted by atomic mass is 15.3. The number of nitrogens with two attached hydrogens (primary N) is 1. The van der Waals surface area contributed by atoms with Gasteiger partial charge in [0.1, 0.15) is 12.2 Å². The monoisotopic (exact) mass is 210 g/mol. The second kappa shape index (κ2) is 6.56. The topological polar surface area (TPSA) is 56.7 Å². The average molecular weight is 210 g/mol. The van der Waals surface area contributed by atoms with Gasteiger partial charge < -0.3 is 5.73 Å². The molecule has 4 nitrogen and oxygen atoms in total. The molecule has 1 atom stereocenters. The summed E-state index contributed by atoms with van der Waals surface area (Å²) in [5, 5.41) is 4.22. The fourth-order valence-electron chi connectivity index (χ4n) is 1.81. The first-order chi connectivity index (χ1) is 7.31. The van der Waals surface area contributed by atoms with Crippen LogP contribution in [0, 0.1) is 5.92 Å². The number of hydrogen-bond acceptors (Lipinski definition) is 3. The van der Waals surface area contributed by atoms with Gasteiger partial charge in [-0.15, -0.1) is 0 Å². The van der Waals surface area contributed by atoms with E-state index < -0.39 is 0 Å². The third kappa shape index (κ3) is 3.63. The molecule has 4 heteroatoms. The largest absolute Gasteiger partial charge is 0.330 e. The Morgan fingerprint density at radius 1 is 1.40 bits per heavy atom. The molecule has 1 rings (SSSR count). The van der Waals surface area contributed by atoms with Crippen LogP contribution in [-0.2, 0) is 13.0 Å². The van der Waals surface area contributed by atoms with E-state index in [1.54, 1.807) is 6.33 Å². The van der Waals surface area contributed by atoms with Gasteiger partial charge in [-0.05, 0) is 25.3 Å². The summed E-state index contributed by atoms with van der Waals surface area (Å²) >= 11 is 0.